The first-order valence-electron chi connectivity index (χ1n) is 8.99. The van der Waals surface area contributed by atoms with Gasteiger partial charge in [0.25, 0.3) is 5.91 Å². The number of carbonyl (C=O) groups is 1. The number of aromatic nitrogens is 1. The van der Waals surface area contributed by atoms with Crippen molar-refractivity contribution in [3.8, 4) is 0 Å². The van der Waals surface area contributed by atoms with E-state index in [-0.39, 0.29) is 21.4 Å². The third-order valence-electron chi connectivity index (χ3n) is 4.64. The third-order valence-corrected chi connectivity index (χ3v) is 6.94. The average molecular weight is 423 g/mol. The number of rotatable bonds is 6. The van der Waals surface area contributed by atoms with Crippen molar-refractivity contribution in [2.24, 2.45) is 0 Å². The molecule has 2 aromatic rings. The Kier molecular flexibility index (Phi) is 6.22. The molecule has 1 N–H and O–H groups in total. The summed E-state index contributed by atoms with van der Waals surface area (Å²) in [5, 5.41) is 2.86. The molecule has 1 aromatic carbocycles. The topological polar surface area (TPSA) is 82.6 Å². The number of halogens is 1. The van der Waals surface area contributed by atoms with Crippen LogP contribution in [0.2, 0.25) is 5.02 Å². The molecule has 0 radical (unpaired) electrons. The lowest BCUT2D eigenvalue weighted by atomic mass is 10.2. The molecule has 2 heterocycles. The van der Waals surface area contributed by atoms with Gasteiger partial charge in [-0.25, -0.2) is 17.7 Å². The van der Waals surface area contributed by atoms with Gasteiger partial charge in [0.1, 0.15) is 10.7 Å². The van der Waals surface area contributed by atoms with Gasteiger partial charge in [-0.2, -0.15) is 0 Å². The minimum absolute atomic E-state index is 0.0759. The molecule has 0 spiro atoms. The van der Waals surface area contributed by atoms with Crippen LogP contribution in [0.15, 0.2) is 41.4 Å². The molecule has 1 saturated heterocycles. The van der Waals surface area contributed by atoms with E-state index in [1.54, 1.807) is 6.20 Å². The van der Waals surface area contributed by atoms with Crippen molar-refractivity contribution in [3.05, 3.63) is 52.7 Å². The number of hydrogen-bond acceptors (Lipinski definition) is 5. The summed E-state index contributed by atoms with van der Waals surface area (Å²) < 4.78 is 25.7. The lowest BCUT2D eigenvalue weighted by molar-refractivity contribution is 0.0950. The van der Waals surface area contributed by atoms with E-state index in [1.165, 1.54) is 45.1 Å². The van der Waals surface area contributed by atoms with Gasteiger partial charge in [-0.1, -0.05) is 17.7 Å². The summed E-state index contributed by atoms with van der Waals surface area (Å²) in [7, 11) is -0.909. The zero-order valence-electron chi connectivity index (χ0n) is 15.9. The van der Waals surface area contributed by atoms with E-state index >= 15 is 0 Å². The highest BCUT2D eigenvalue weighted by Crippen LogP contribution is 2.25. The Labute approximate surface area is 170 Å². The number of pyridine rings is 1. The molecule has 3 rings (SSSR count). The third kappa shape index (κ3) is 4.45. The molecule has 28 heavy (non-hydrogen) atoms. The first-order valence-corrected chi connectivity index (χ1v) is 10.8. The van der Waals surface area contributed by atoms with Crippen LogP contribution < -0.4 is 10.2 Å². The Morgan fingerprint density at radius 3 is 2.54 bits per heavy atom. The van der Waals surface area contributed by atoms with Crippen molar-refractivity contribution in [2.75, 3.05) is 32.1 Å². The number of nitrogens with zero attached hydrogens (tertiary/aromatic N) is 3. The number of carbonyl (C=O) groups excluding carboxylic acids is 1. The molecule has 1 amide bonds. The zero-order valence-corrected chi connectivity index (χ0v) is 17.4. The first-order chi connectivity index (χ1) is 13.3. The van der Waals surface area contributed by atoms with Crippen molar-refractivity contribution >= 4 is 33.3 Å². The van der Waals surface area contributed by atoms with Crippen molar-refractivity contribution < 1.29 is 13.2 Å². The van der Waals surface area contributed by atoms with E-state index in [1.807, 2.05) is 12.1 Å². The van der Waals surface area contributed by atoms with Crippen LogP contribution >= 0.6 is 11.6 Å². The number of nitrogens with one attached hydrogen (secondary N) is 1. The SMILES string of the molecule is CN(C)S(=O)(=O)c1cc(C(=O)NCc2ccc(N3CCCC3)nc2)ccc1Cl. The Morgan fingerprint density at radius 1 is 1.21 bits per heavy atom. The highest BCUT2D eigenvalue weighted by Gasteiger charge is 2.22. The average Bonchev–Trinajstić information content (AvgIpc) is 3.21. The molecule has 1 aliphatic heterocycles. The Hall–Kier alpha value is -2.16. The van der Waals surface area contributed by atoms with Crippen LogP contribution in [0.4, 0.5) is 5.82 Å². The molecular weight excluding hydrogens is 400 g/mol. The number of hydrogen-bond donors (Lipinski definition) is 1. The number of anilines is 1. The van der Waals surface area contributed by atoms with E-state index in [4.69, 9.17) is 11.6 Å². The van der Waals surface area contributed by atoms with Gasteiger partial charge < -0.3 is 10.2 Å². The fourth-order valence-corrected chi connectivity index (χ4v) is 4.37. The molecule has 0 bridgehead atoms. The monoisotopic (exact) mass is 422 g/mol. The molecule has 9 heteroatoms. The fourth-order valence-electron chi connectivity index (χ4n) is 2.98. The second-order valence-corrected chi connectivity index (χ2v) is 9.36. The van der Waals surface area contributed by atoms with Crippen LogP contribution in [-0.4, -0.2) is 50.8 Å². The Balaban J connectivity index is 1.68. The maximum absolute atomic E-state index is 12.5. The normalized spacial score (nSPS) is 14.5. The van der Waals surface area contributed by atoms with Crippen LogP contribution in [-0.2, 0) is 16.6 Å². The van der Waals surface area contributed by atoms with Gasteiger partial charge in [-0.15, -0.1) is 0 Å². The van der Waals surface area contributed by atoms with Crippen LogP contribution in [0.25, 0.3) is 0 Å². The van der Waals surface area contributed by atoms with Gasteiger partial charge in [0, 0.05) is 45.5 Å². The molecule has 1 aliphatic rings. The fraction of sp³-hybridized carbons (Fsp3) is 0.368. The maximum Gasteiger partial charge on any atom is 0.251 e. The highest BCUT2D eigenvalue weighted by molar-refractivity contribution is 7.89. The molecule has 1 aromatic heterocycles. The summed E-state index contributed by atoms with van der Waals surface area (Å²) in [5.41, 5.74) is 1.10. The molecule has 0 saturated carbocycles. The summed E-state index contributed by atoms with van der Waals surface area (Å²) in [6.07, 6.45) is 4.12. The van der Waals surface area contributed by atoms with Gasteiger partial charge >= 0.3 is 0 Å². The van der Waals surface area contributed by atoms with Crippen LogP contribution in [0, 0.1) is 0 Å². The largest absolute Gasteiger partial charge is 0.357 e. The van der Waals surface area contributed by atoms with Gasteiger partial charge in [-0.05, 0) is 42.7 Å². The Bertz CT molecular complexity index is 956. The summed E-state index contributed by atoms with van der Waals surface area (Å²) in [6, 6.07) is 8.10. The predicted molar refractivity (Wildman–Crippen MR) is 109 cm³/mol. The highest BCUT2D eigenvalue weighted by atomic mass is 35.5. The van der Waals surface area contributed by atoms with Crippen LogP contribution in [0.1, 0.15) is 28.8 Å². The summed E-state index contributed by atoms with van der Waals surface area (Å²) >= 11 is 6.02. The van der Waals surface area contributed by atoms with Gasteiger partial charge in [0.05, 0.1) is 5.02 Å². The summed E-state index contributed by atoms with van der Waals surface area (Å²) in [5.74, 6) is 0.569. The zero-order chi connectivity index (χ0) is 20.3. The van der Waals surface area contributed by atoms with E-state index < -0.39 is 10.0 Å². The van der Waals surface area contributed by atoms with Crippen LogP contribution in [0.5, 0.6) is 0 Å². The standard InChI is InChI=1S/C19H23ClN4O3S/c1-23(2)28(26,27)17-11-15(6-7-16(17)20)19(25)22-13-14-5-8-18(21-12-14)24-9-3-4-10-24/h5-8,11-12H,3-4,9-10,13H2,1-2H3,(H,22,25). The van der Waals surface area contributed by atoms with Gasteiger partial charge in [0.2, 0.25) is 10.0 Å². The molecule has 0 aliphatic carbocycles. The predicted octanol–water partition coefficient (Wildman–Crippen LogP) is 2.52. The van der Waals surface area contributed by atoms with Crippen molar-refractivity contribution in [1.82, 2.24) is 14.6 Å². The second kappa shape index (κ2) is 8.46. The van der Waals surface area contributed by atoms with Gasteiger partial charge in [0.15, 0.2) is 0 Å². The molecule has 150 valence electrons. The van der Waals surface area contributed by atoms with E-state index in [9.17, 15) is 13.2 Å². The van der Waals surface area contributed by atoms with Crippen LogP contribution in [0.3, 0.4) is 0 Å². The molecule has 1 fully saturated rings. The number of benzene rings is 1. The lowest BCUT2D eigenvalue weighted by Crippen LogP contribution is -2.25. The van der Waals surface area contributed by atoms with Crippen molar-refractivity contribution in [2.45, 2.75) is 24.3 Å². The van der Waals surface area contributed by atoms with E-state index in [2.05, 4.69) is 15.2 Å². The van der Waals surface area contributed by atoms with Crippen molar-refractivity contribution in [1.29, 1.82) is 0 Å². The number of sulfonamides is 1. The molecule has 0 atom stereocenters. The minimum atomic E-state index is -3.74. The second-order valence-electron chi connectivity index (χ2n) is 6.83. The quantitative estimate of drug-likeness (QED) is 0.773. The molecule has 0 unspecified atom stereocenters. The molecular formula is C19H23ClN4O3S. The Morgan fingerprint density at radius 2 is 1.93 bits per heavy atom. The lowest BCUT2D eigenvalue weighted by Gasteiger charge is -2.16. The summed E-state index contributed by atoms with van der Waals surface area (Å²) in [4.78, 5) is 19.1. The van der Waals surface area contributed by atoms with E-state index in [0.717, 1.165) is 28.8 Å². The number of amides is 1. The summed E-state index contributed by atoms with van der Waals surface area (Å²) in [6.45, 7) is 2.35. The maximum atomic E-state index is 12.5. The first kappa shape index (κ1) is 20.6. The van der Waals surface area contributed by atoms with Gasteiger partial charge in [-0.3, -0.25) is 4.79 Å². The van der Waals surface area contributed by atoms with E-state index in [0.29, 0.717) is 6.54 Å². The minimum Gasteiger partial charge on any atom is -0.357 e. The smallest absolute Gasteiger partial charge is 0.251 e. The van der Waals surface area contributed by atoms with Crippen molar-refractivity contribution in [3.63, 3.8) is 0 Å². The molecule has 7 nitrogen and oxygen atoms in total.